The maximum absolute atomic E-state index is 13.3. The molecular weight excluding hydrogens is 478 g/mol. The van der Waals surface area contributed by atoms with Crippen molar-refractivity contribution in [2.45, 2.75) is 4.90 Å². The average Bonchev–Trinajstić information content (AvgIpc) is 2.93. The summed E-state index contributed by atoms with van der Waals surface area (Å²) in [5.41, 5.74) is 8.87. The fourth-order valence-electron chi connectivity index (χ4n) is 4.34. The Morgan fingerprint density at radius 3 is 2.06 bits per heavy atom. The van der Waals surface area contributed by atoms with Crippen molar-refractivity contribution in [1.82, 2.24) is 14.3 Å². The highest BCUT2D eigenvalue weighted by atomic mass is 32.2. The van der Waals surface area contributed by atoms with Gasteiger partial charge in [-0.05, 0) is 29.3 Å². The van der Waals surface area contributed by atoms with Crippen molar-refractivity contribution in [2.24, 2.45) is 0 Å². The largest absolute Gasteiger partial charge is 0.493 e. The number of ether oxygens (including phenoxy) is 2. The molecule has 1 aliphatic heterocycles. The minimum atomic E-state index is -3.62. The van der Waals surface area contributed by atoms with E-state index in [4.69, 9.17) is 15.2 Å². The minimum absolute atomic E-state index is 0.280. The Balaban J connectivity index is 1.33. The van der Waals surface area contributed by atoms with Gasteiger partial charge in [0.25, 0.3) is 0 Å². The molecule has 0 unspecified atom stereocenters. The molecule has 0 amide bonds. The first kappa shape index (κ1) is 23.8. The molecule has 2 N–H and O–H groups in total. The van der Waals surface area contributed by atoms with E-state index in [0.717, 1.165) is 11.1 Å². The van der Waals surface area contributed by atoms with Crippen LogP contribution in [0.3, 0.4) is 0 Å². The van der Waals surface area contributed by atoms with Crippen LogP contribution in [0.5, 0.6) is 11.5 Å². The third-order valence-electron chi connectivity index (χ3n) is 6.34. The zero-order chi connectivity index (χ0) is 25.3. The van der Waals surface area contributed by atoms with Gasteiger partial charge in [0.15, 0.2) is 11.5 Å². The number of hydrogen-bond acceptors (Lipinski definition) is 8. The Kier molecular flexibility index (Phi) is 6.38. The summed E-state index contributed by atoms with van der Waals surface area (Å²) in [6, 6.07) is 20.4. The zero-order valence-electron chi connectivity index (χ0n) is 20.1. The Hall–Kier alpha value is -3.89. The number of methoxy groups -OCH3 is 2. The Morgan fingerprint density at radius 2 is 1.42 bits per heavy atom. The number of fused-ring (bicyclic) bond motifs is 1. The van der Waals surface area contributed by atoms with Gasteiger partial charge in [0.1, 0.15) is 5.82 Å². The summed E-state index contributed by atoms with van der Waals surface area (Å²) in [7, 11) is -0.500. The second-order valence-corrected chi connectivity index (χ2v) is 10.4. The smallest absolute Gasteiger partial charge is 0.243 e. The predicted molar refractivity (Wildman–Crippen MR) is 140 cm³/mol. The molecule has 4 aromatic rings. The monoisotopic (exact) mass is 505 g/mol. The van der Waals surface area contributed by atoms with Gasteiger partial charge < -0.3 is 20.1 Å². The molecular formula is C26H27N5O4S. The molecule has 1 fully saturated rings. The number of nitrogens with two attached hydrogens (primary N) is 1. The number of rotatable bonds is 6. The fourth-order valence-corrected chi connectivity index (χ4v) is 5.76. The highest BCUT2D eigenvalue weighted by Crippen LogP contribution is 2.34. The molecule has 0 spiro atoms. The highest BCUT2D eigenvalue weighted by molar-refractivity contribution is 7.89. The topological polar surface area (TPSA) is 111 Å². The number of piperazine rings is 1. The summed E-state index contributed by atoms with van der Waals surface area (Å²) in [6.07, 6.45) is 0. The first-order valence-corrected chi connectivity index (χ1v) is 12.9. The van der Waals surface area contributed by atoms with Gasteiger partial charge in [-0.15, -0.1) is 0 Å². The van der Waals surface area contributed by atoms with E-state index in [1.54, 1.807) is 38.5 Å². The van der Waals surface area contributed by atoms with Crippen LogP contribution in [0.4, 0.5) is 11.8 Å². The first-order chi connectivity index (χ1) is 17.4. The lowest BCUT2D eigenvalue weighted by Crippen LogP contribution is -2.49. The third-order valence-corrected chi connectivity index (χ3v) is 8.25. The number of anilines is 2. The lowest BCUT2D eigenvalue weighted by Gasteiger charge is -2.34. The van der Waals surface area contributed by atoms with Crippen LogP contribution in [0.2, 0.25) is 0 Å². The zero-order valence-corrected chi connectivity index (χ0v) is 20.9. The van der Waals surface area contributed by atoms with Crippen LogP contribution in [-0.2, 0) is 10.0 Å². The molecule has 0 saturated carbocycles. The van der Waals surface area contributed by atoms with E-state index in [-0.39, 0.29) is 4.90 Å². The molecule has 10 heteroatoms. The number of nitrogen functional groups attached to an aromatic ring is 1. The van der Waals surface area contributed by atoms with E-state index in [1.165, 1.54) is 4.31 Å². The van der Waals surface area contributed by atoms with Crippen LogP contribution in [0.15, 0.2) is 71.6 Å². The molecule has 0 atom stereocenters. The summed E-state index contributed by atoms with van der Waals surface area (Å²) in [5.74, 6) is 1.87. The lowest BCUT2D eigenvalue weighted by molar-refractivity contribution is 0.356. The highest BCUT2D eigenvalue weighted by Gasteiger charge is 2.29. The summed E-state index contributed by atoms with van der Waals surface area (Å²) in [6.45, 7) is 1.52. The van der Waals surface area contributed by atoms with Gasteiger partial charge in [-0.2, -0.15) is 9.29 Å². The van der Waals surface area contributed by atoms with Crippen LogP contribution in [0, 0.1) is 0 Å². The van der Waals surface area contributed by atoms with Crippen molar-refractivity contribution in [3.63, 3.8) is 0 Å². The maximum Gasteiger partial charge on any atom is 0.243 e. The van der Waals surface area contributed by atoms with Crippen molar-refractivity contribution in [1.29, 1.82) is 0 Å². The third kappa shape index (κ3) is 4.40. The standard InChI is InChI=1S/C26H27N5O4S/c1-34-23-16-21-22(17-24(23)35-2)28-26(29-25(21)27)30-12-14-31(15-13-30)36(32,33)20-10-8-19(9-11-20)18-6-4-3-5-7-18/h3-11,16-17H,12-15H2,1-2H3,(H2,27,28,29). The molecule has 0 aliphatic carbocycles. The van der Waals surface area contributed by atoms with Gasteiger partial charge in [-0.3, -0.25) is 0 Å². The molecule has 36 heavy (non-hydrogen) atoms. The second kappa shape index (κ2) is 9.63. The van der Waals surface area contributed by atoms with Gasteiger partial charge in [0.05, 0.1) is 24.6 Å². The average molecular weight is 506 g/mol. The van der Waals surface area contributed by atoms with E-state index in [2.05, 4.69) is 9.97 Å². The van der Waals surface area contributed by atoms with Gasteiger partial charge in [-0.25, -0.2) is 13.4 Å². The summed E-state index contributed by atoms with van der Waals surface area (Å²) in [5, 5.41) is 0.663. The Bertz CT molecular complexity index is 1490. The normalized spacial score (nSPS) is 14.7. The Labute approximate surface area is 210 Å². The number of sulfonamides is 1. The number of benzene rings is 3. The molecule has 1 aromatic heterocycles. The van der Waals surface area contributed by atoms with E-state index in [9.17, 15) is 8.42 Å². The van der Waals surface area contributed by atoms with Crippen molar-refractivity contribution in [3.05, 3.63) is 66.7 Å². The van der Waals surface area contributed by atoms with Crippen LogP contribution >= 0.6 is 0 Å². The molecule has 9 nitrogen and oxygen atoms in total. The van der Waals surface area contributed by atoms with Gasteiger partial charge >= 0.3 is 0 Å². The molecule has 1 saturated heterocycles. The fraction of sp³-hybridized carbons (Fsp3) is 0.231. The predicted octanol–water partition coefficient (Wildman–Crippen LogP) is 3.41. The van der Waals surface area contributed by atoms with Crippen molar-refractivity contribution >= 4 is 32.7 Å². The number of hydrogen-bond donors (Lipinski definition) is 1. The van der Waals surface area contributed by atoms with Crippen molar-refractivity contribution in [2.75, 3.05) is 51.0 Å². The van der Waals surface area contributed by atoms with E-state index >= 15 is 0 Å². The van der Waals surface area contributed by atoms with Gasteiger partial charge in [-0.1, -0.05) is 42.5 Å². The lowest BCUT2D eigenvalue weighted by atomic mass is 10.1. The molecule has 0 radical (unpaired) electrons. The molecule has 2 heterocycles. The first-order valence-electron chi connectivity index (χ1n) is 11.5. The molecule has 5 rings (SSSR count). The van der Waals surface area contributed by atoms with E-state index in [0.29, 0.717) is 60.3 Å². The number of nitrogens with zero attached hydrogens (tertiary/aromatic N) is 4. The molecule has 0 bridgehead atoms. The minimum Gasteiger partial charge on any atom is -0.493 e. The SMILES string of the molecule is COc1cc2nc(N3CCN(S(=O)(=O)c4ccc(-c5ccccc5)cc4)CC3)nc(N)c2cc1OC. The quantitative estimate of drug-likeness (QED) is 0.425. The summed E-state index contributed by atoms with van der Waals surface area (Å²) < 4.78 is 38.8. The van der Waals surface area contributed by atoms with Gasteiger partial charge in [0, 0.05) is 37.6 Å². The van der Waals surface area contributed by atoms with Crippen LogP contribution < -0.4 is 20.1 Å². The van der Waals surface area contributed by atoms with Crippen LogP contribution in [0.1, 0.15) is 0 Å². The second-order valence-electron chi connectivity index (χ2n) is 8.41. The van der Waals surface area contributed by atoms with E-state index < -0.39 is 10.0 Å². The Morgan fingerprint density at radius 1 is 0.806 bits per heavy atom. The summed E-state index contributed by atoms with van der Waals surface area (Å²) in [4.78, 5) is 11.3. The van der Waals surface area contributed by atoms with Crippen LogP contribution in [0.25, 0.3) is 22.0 Å². The molecule has 186 valence electrons. The van der Waals surface area contributed by atoms with E-state index in [1.807, 2.05) is 47.4 Å². The van der Waals surface area contributed by atoms with Crippen LogP contribution in [-0.4, -0.2) is 63.1 Å². The van der Waals surface area contributed by atoms with Crippen molar-refractivity contribution in [3.8, 4) is 22.6 Å². The van der Waals surface area contributed by atoms with Crippen molar-refractivity contribution < 1.29 is 17.9 Å². The molecule has 3 aromatic carbocycles. The van der Waals surface area contributed by atoms with Gasteiger partial charge in [0.2, 0.25) is 16.0 Å². The summed E-state index contributed by atoms with van der Waals surface area (Å²) >= 11 is 0. The molecule has 1 aliphatic rings. The maximum atomic E-state index is 13.3. The number of aromatic nitrogens is 2.